The summed E-state index contributed by atoms with van der Waals surface area (Å²) >= 11 is 0. The Hall–Kier alpha value is -0.950. The van der Waals surface area contributed by atoms with E-state index in [4.69, 9.17) is 18.9 Å². The molecule has 3 saturated heterocycles. The summed E-state index contributed by atoms with van der Waals surface area (Å²) in [6.45, 7) is 2.73. The summed E-state index contributed by atoms with van der Waals surface area (Å²) in [6, 6.07) is 0. The highest BCUT2D eigenvalue weighted by Gasteiger charge is 2.43. The van der Waals surface area contributed by atoms with Crippen molar-refractivity contribution in [2.75, 3.05) is 6.61 Å². The Bertz CT molecular complexity index is 783. The van der Waals surface area contributed by atoms with Crippen molar-refractivity contribution in [1.29, 1.82) is 0 Å². The number of esters is 1. The highest BCUT2D eigenvalue weighted by molar-refractivity contribution is 5.90. The molecule has 242 valence electrons. The molecule has 0 saturated carbocycles. The Labute approximate surface area is 256 Å². The predicted octanol–water partition coefficient (Wildman–Crippen LogP) is 8.52. The van der Waals surface area contributed by atoms with Crippen LogP contribution in [0.2, 0.25) is 0 Å². The topological polar surface area (TPSA) is 74.2 Å². The van der Waals surface area contributed by atoms with E-state index in [1.54, 1.807) is 0 Å². The fourth-order valence-electron chi connectivity index (χ4n) is 7.54. The van der Waals surface area contributed by atoms with Gasteiger partial charge in [0, 0.05) is 5.57 Å². The zero-order chi connectivity index (χ0) is 29.4. The molecule has 1 N–H and O–H groups in total. The molecule has 4 aliphatic rings. The van der Waals surface area contributed by atoms with Gasteiger partial charge in [-0.2, -0.15) is 0 Å². The van der Waals surface area contributed by atoms with Gasteiger partial charge in [0.15, 0.2) is 0 Å². The first-order valence-corrected chi connectivity index (χ1v) is 18.1. The van der Waals surface area contributed by atoms with E-state index in [1.165, 1.54) is 96.3 Å². The van der Waals surface area contributed by atoms with Crippen molar-refractivity contribution in [3.05, 3.63) is 11.6 Å². The third-order valence-electron chi connectivity index (χ3n) is 10.2. The first kappa shape index (κ1) is 33.9. The Morgan fingerprint density at radius 2 is 1.26 bits per heavy atom. The molecule has 4 rings (SSSR count). The number of carbonyl (C=O) groups is 1. The second-order valence-corrected chi connectivity index (χ2v) is 13.6. The first-order valence-electron chi connectivity index (χ1n) is 18.1. The Morgan fingerprint density at radius 1 is 0.690 bits per heavy atom. The van der Waals surface area contributed by atoms with Crippen molar-refractivity contribution >= 4 is 5.97 Å². The molecular formula is C36H62O6. The minimum atomic E-state index is -0.326. The van der Waals surface area contributed by atoms with Gasteiger partial charge in [0.1, 0.15) is 6.61 Å². The van der Waals surface area contributed by atoms with Gasteiger partial charge in [-0.15, -0.1) is 0 Å². The molecule has 7 unspecified atom stereocenters. The molecule has 6 heteroatoms. The van der Waals surface area contributed by atoms with Crippen LogP contribution in [-0.2, 0) is 23.7 Å². The van der Waals surface area contributed by atoms with Crippen LogP contribution < -0.4 is 0 Å². The molecule has 0 spiro atoms. The Morgan fingerprint density at radius 3 is 1.95 bits per heavy atom. The molecule has 4 aliphatic heterocycles. The second-order valence-electron chi connectivity index (χ2n) is 13.6. The number of unbranched alkanes of at least 4 members (excludes halogenated alkanes) is 13. The summed E-state index contributed by atoms with van der Waals surface area (Å²) in [7, 11) is 0. The van der Waals surface area contributed by atoms with Gasteiger partial charge in [-0.05, 0) is 70.3 Å². The van der Waals surface area contributed by atoms with Crippen LogP contribution in [0, 0.1) is 0 Å². The van der Waals surface area contributed by atoms with Gasteiger partial charge >= 0.3 is 5.97 Å². The minimum absolute atomic E-state index is 0.00957. The molecule has 0 aromatic carbocycles. The summed E-state index contributed by atoms with van der Waals surface area (Å²) in [4.78, 5) is 11.5. The summed E-state index contributed by atoms with van der Waals surface area (Å²) in [5.41, 5.74) is 0.878. The number of ether oxygens (including phenoxy) is 4. The maximum Gasteiger partial charge on any atom is 0.334 e. The maximum absolute atomic E-state index is 11.5. The fraction of sp³-hybridized carbons (Fsp3) is 0.917. The molecule has 0 bridgehead atoms. The average molecular weight is 591 g/mol. The summed E-state index contributed by atoms with van der Waals surface area (Å²) in [5, 5.41) is 10.7. The van der Waals surface area contributed by atoms with Gasteiger partial charge in [0.2, 0.25) is 0 Å². The van der Waals surface area contributed by atoms with Gasteiger partial charge in [0.25, 0.3) is 0 Å². The van der Waals surface area contributed by atoms with Gasteiger partial charge < -0.3 is 24.1 Å². The van der Waals surface area contributed by atoms with Crippen LogP contribution >= 0.6 is 0 Å². The Balaban J connectivity index is 0.982. The predicted molar refractivity (Wildman–Crippen MR) is 168 cm³/mol. The van der Waals surface area contributed by atoms with Crippen molar-refractivity contribution in [3.8, 4) is 0 Å². The van der Waals surface area contributed by atoms with Crippen molar-refractivity contribution in [1.82, 2.24) is 0 Å². The van der Waals surface area contributed by atoms with E-state index in [1.807, 2.05) is 6.08 Å². The largest absolute Gasteiger partial charge is 0.458 e. The molecule has 4 heterocycles. The molecule has 3 fully saturated rings. The smallest absolute Gasteiger partial charge is 0.334 e. The molecule has 0 radical (unpaired) electrons. The molecule has 0 aliphatic carbocycles. The average Bonchev–Trinajstić information content (AvgIpc) is 3.81. The molecule has 0 aromatic heterocycles. The van der Waals surface area contributed by atoms with Gasteiger partial charge in [0.05, 0.1) is 42.7 Å². The Kier molecular flexibility index (Phi) is 15.7. The quantitative estimate of drug-likeness (QED) is 0.101. The lowest BCUT2D eigenvalue weighted by molar-refractivity contribution is -0.136. The van der Waals surface area contributed by atoms with Crippen LogP contribution in [0.1, 0.15) is 161 Å². The summed E-state index contributed by atoms with van der Waals surface area (Å²) < 4.78 is 24.3. The van der Waals surface area contributed by atoms with E-state index in [-0.39, 0.29) is 42.6 Å². The first-order chi connectivity index (χ1) is 20.6. The van der Waals surface area contributed by atoms with Crippen LogP contribution in [0.5, 0.6) is 0 Å². The number of carbonyl (C=O) groups excluding carboxylic acids is 1. The summed E-state index contributed by atoms with van der Waals surface area (Å²) in [6.07, 6.45) is 31.1. The van der Waals surface area contributed by atoms with Crippen molar-refractivity contribution in [3.63, 3.8) is 0 Å². The van der Waals surface area contributed by atoms with E-state index < -0.39 is 0 Å². The van der Waals surface area contributed by atoms with E-state index in [2.05, 4.69) is 6.92 Å². The zero-order valence-electron chi connectivity index (χ0n) is 26.8. The summed E-state index contributed by atoms with van der Waals surface area (Å²) in [5.74, 6) is -0.109. The van der Waals surface area contributed by atoms with Gasteiger partial charge in [-0.25, -0.2) is 4.79 Å². The highest BCUT2D eigenvalue weighted by Crippen LogP contribution is 2.37. The third-order valence-corrected chi connectivity index (χ3v) is 10.2. The highest BCUT2D eigenvalue weighted by atomic mass is 16.6. The van der Waals surface area contributed by atoms with Crippen molar-refractivity contribution in [2.24, 2.45) is 0 Å². The van der Waals surface area contributed by atoms with Crippen molar-refractivity contribution in [2.45, 2.75) is 204 Å². The number of hydrogen-bond acceptors (Lipinski definition) is 6. The molecule has 6 nitrogen and oxygen atoms in total. The number of cyclic esters (lactones) is 1. The zero-order valence-corrected chi connectivity index (χ0v) is 26.8. The van der Waals surface area contributed by atoms with Crippen LogP contribution in [0.25, 0.3) is 0 Å². The molecule has 0 amide bonds. The van der Waals surface area contributed by atoms with E-state index >= 15 is 0 Å². The van der Waals surface area contributed by atoms with Crippen LogP contribution in [0.15, 0.2) is 11.6 Å². The van der Waals surface area contributed by atoms with E-state index in [9.17, 15) is 9.90 Å². The molecule has 42 heavy (non-hydrogen) atoms. The SMILES string of the molecule is CCCCCCCCCCC(O)C1CCC(C2CCC(C3CCC(CCCCCCCCCC4=CCOC4=O)O3)O2)O1. The lowest BCUT2D eigenvalue weighted by atomic mass is 10.0. The standard InChI is InChI=1S/C36H62O6/c1-2-3-4-5-6-10-13-16-19-30(37)31-22-23-34(41-31)35-25-24-33(42-35)32-21-20-29(40-32)18-15-12-9-7-8-11-14-17-28-26-27-39-36(28)38/h26,29-35,37H,2-25,27H2,1H3. The lowest BCUT2D eigenvalue weighted by Crippen LogP contribution is -2.33. The van der Waals surface area contributed by atoms with E-state index in [0.29, 0.717) is 12.7 Å². The maximum atomic E-state index is 11.5. The van der Waals surface area contributed by atoms with Crippen LogP contribution in [0.4, 0.5) is 0 Å². The molecular weight excluding hydrogens is 528 g/mol. The number of rotatable bonds is 22. The van der Waals surface area contributed by atoms with Crippen LogP contribution in [-0.4, -0.2) is 60.4 Å². The minimum Gasteiger partial charge on any atom is -0.458 e. The van der Waals surface area contributed by atoms with E-state index in [0.717, 1.165) is 63.4 Å². The number of hydrogen-bond donors (Lipinski definition) is 1. The lowest BCUT2D eigenvalue weighted by Gasteiger charge is -2.24. The number of aliphatic hydroxyl groups is 1. The fourth-order valence-corrected chi connectivity index (χ4v) is 7.54. The van der Waals surface area contributed by atoms with Gasteiger partial charge in [-0.3, -0.25) is 0 Å². The molecule has 7 atom stereocenters. The molecule has 0 aromatic rings. The van der Waals surface area contributed by atoms with Gasteiger partial charge in [-0.1, -0.05) is 96.8 Å². The van der Waals surface area contributed by atoms with Crippen LogP contribution in [0.3, 0.4) is 0 Å². The second kappa shape index (κ2) is 19.4. The van der Waals surface area contributed by atoms with Crippen molar-refractivity contribution < 1.29 is 28.8 Å². The third kappa shape index (κ3) is 11.5. The normalized spacial score (nSPS) is 30.2. The monoisotopic (exact) mass is 590 g/mol. The number of aliphatic hydroxyl groups excluding tert-OH is 1.